The number of carbonyl (C=O) groups is 1. The molecule has 0 atom stereocenters. The van der Waals surface area contributed by atoms with Crippen molar-refractivity contribution < 1.29 is 13.6 Å². The summed E-state index contributed by atoms with van der Waals surface area (Å²) in [6.07, 6.45) is -2.92. The van der Waals surface area contributed by atoms with Gasteiger partial charge in [0, 0.05) is 0 Å². The highest BCUT2D eigenvalue weighted by atomic mass is 32.1. The Hall–Kier alpha value is -0.120. The summed E-state index contributed by atoms with van der Waals surface area (Å²) in [6, 6.07) is 0. The number of alkyl halides is 2. The Balaban J connectivity index is 3.26. The molecule has 36 valence electrons. The third kappa shape index (κ3) is 2.14. The minimum atomic E-state index is -2.92. The molecule has 0 N–H and O–H groups in total. The molecule has 0 aliphatic rings. The van der Waals surface area contributed by atoms with Crippen LogP contribution in [-0.4, -0.2) is 11.5 Å². The molecule has 0 radical (unpaired) electrons. The first kappa shape index (κ1) is 5.88. The van der Waals surface area contributed by atoms with Crippen molar-refractivity contribution in [3.8, 4) is 0 Å². The maximum Gasteiger partial charge on any atom is 0.305 e. The van der Waals surface area contributed by atoms with E-state index < -0.39 is 11.5 Å². The van der Waals surface area contributed by atoms with Crippen molar-refractivity contribution in [2.75, 3.05) is 0 Å². The Kier molecular flexibility index (Phi) is 2.08. The van der Waals surface area contributed by atoms with E-state index in [0.29, 0.717) is 0 Å². The average molecular weight is 112 g/mol. The molecule has 0 rings (SSSR count). The van der Waals surface area contributed by atoms with Gasteiger partial charge in [-0.15, -0.1) is 0 Å². The Morgan fingerprint density at radius 1 is 1.67 bits per heavy atom. The van der Waals surface area contributed by atoms with Crippen molar-refractivity contribution in [2.45, 2.75) is 6.43 Å². The van der Waals surface area contributed by atoms with Crippen molar-refractivity contribution in [3.63, 3.8) is 0 Å². The maximum atomic E-state index is 10.7. The molecule has 0 bridgehead atoms. The molecule has 0 amide bonds. The zero-order valence-electron chi connectivity index (χ0n) is 2.69. The molecule has 0 saturated heterocycles. The molecule has 0 saturated carbocycles. The van der Waals surface area contributed by atoms with Gasteiger partial charge in [0.25, 0.3) is 5.12 Å². The van der Waals surface area contributed by atoms with E-state index in [1.165, 1.54) is 0 Å². The summed E-state index contributed by atoms with van der Waals surface area (Å²) in [5, 5.41) is -1.38. The number of hydrogen-bond donors (Lipinski definition) is 1. The summed E-state index contributed by atoms with van der Waals surface area (Å²) in [5.74, 6) is 0. The fourth-order valence-corrected chi connectivity index (χ4v) is 0. The van der Waals surface area contributed by atoms with Gasteiger partial charge < -0.3 is 0 Å². The summed E-state index contributed by atoms with van der Waals surface area (Å²) in [4.78, 5) is 9.26. The molecule has 4 heteroatoms. The molecule has 6 heavy (non-hydrogen) atoms. The first-order valence-corrected chi connectivity index (χ1v) is 1.60. The molecule has 0 fully saturated rings. The minimum absolute atomic E-state index is 1.38. The number of thiol groups is 1. The van der Waals surface area contributed by atoms with Crippen LogP contribution in [0.5, 0.6) is 0 Å². The zero-order chi connectivity index (χ0) is 5.15. The van der Waals surface area contributed by atoms with Crippen LogP contribution in [0.25, 0.3) is 0 Å². The lowest BCUT2D eigenvalue weighted by atomic mass is 10.8. The molecule has 0 aliphatic heterocycles. The molecule has 0 unspecified atom stereocenters. The van der Waals surface area contributed by atoms with Gasteiger partial charge in [-0.1, -0.05) is 12.6 Å². The third-order valence-electron chi connectivity index (χ3n) is 0.187. The SMILES string of the molecule is O=C(S)C(F)F. The quantitative estimate of drug-likeness (QED) is 0.494. The number of halogens is 2. The van der Waals surface area contributed by atoms with Gasteiger partial charge in [-0.05, 0) is 0 Å². The van der Waals surface area contributed by atoms with Crippen LogP contribution in [0, 0.1) is 0 Å². The van der Waals surface area contributed by atoms with E-state index >= 15 is 0 Å². The Bertz CT molecular complexity index is 62.6. The van der Waals surface area contributed by atoms with E-state index in [9.17, 15) is 13.6 Å². The van der Waals surface area contributed by atoms with Crippen molar-refractivity contribution in [1.29, 1.82) is 0 Å². The lowest BCUT2D eigenvalue weighted by Gasteiger charge is -1.81. The summed E-state index contributed by atoms with van der Waals surface area (Å²) < 4.78 is 21.5. The molecular weight excluding hydrogens is 110 g/mol. The first-order valence-electron chi connectivity index (χ1n) is 1.15. The molecule has 0 spiro atoms. The lowest BCUT2D eigenvalue weighted by molar-refractivity contribution is -0.120. The summed E-state index contributed by atoms with van der Waals surface area (Å²) in [6.45, 7) is 0. The van der Waals surface area contributed by atoms with Gasteiger partial charge in [0.05, 0.1) is 0 Å². The average Bonchev–Trinajstić information content (AvgIpc) is 1.36. The Labute approximate surface area is 38.8 Å². The second-order valence-corrected chi connectivity index (χ2v) is 1.08. The Morgan fingerprint density at radius 3 is 1.83 bits per heavy atom. The topological polar surface area (TPSA) is 17.1 Å². The smallest absolute Gasteiger partial charge is 0.281 e. The van der Waals surface area contributed by atoms with Crippen molar-refractivity contribution in [2.24, 2.45) is 0 Å². The largest absolute Gasteiger partial charge is 0.305 e. The van der Waals surface area contributed by atoms with Gasteiger partial charge in [-0.3, -0.25) is 4.79 Å². The molecule has 0 aliphatic carbocycles. The van der Waals surface area contributed by atoms with Gasteiger partial charge >= 0.3 is 6.43 Å². The van der Waals surface area contributed by atoms with Crippen LogP contribution in [0.3, 0.4) is 0 Å². The molecular formula is C2H2F2OS. The van der Waals surface area contributed by atoms with Crippen LogP contribution in [0.2, 0.25) is 0 Å². The summed E-state index contributed by atoms with van der Waals surface area (Å²) in [7, 11) is 0. The molecule has 1 nitrogen and oxygen atoms in total. The van der Waals surface area contributed by atoms with Crippen LogP contribution in [0.4, 0.5) is 8.78 Å². The van der Waals surface area contributed by atoms with Gasteiger partial charge in [0.2, 0.25) is 0 Å². The van der Waals surface area contributed by atoms with E-state index in [-0.39, 0.29) is 0 Å². The van der Waals surface area contributed by atoms with Crippen LogP contribution >= 0.6 is 12.6 Å². The highest BCUT2D eigenvalue weighted by Gasteiger charge is 2.07. The van der Waals surface area contributed by atoms with E-state index in [0.717, 1.165) is 0 Å². The highest BCUT2D eigenvalue weighted by molar-refractivity contribution is 7.96. The normalized spacial score (nSPS) is 9.33. The molecule has 0 aromatic carbocycles. The predicted octanol–water partition coefficient (Wildman–Crippen LogP) is 0.708. The summed E-state index contributed by atoms with van der Waals surface area (Å²) >= 11 is 2.80. The fourth-order valence-electron chi connectivity index (χ4n) is 0. The predicted molar refractivity (Wildman–Crippen MR) is 20.0 cm³/mol. The van der Waals surface area contributed by atoms with Crippen molar-refractivity contribution in [1.82, 2.24) is 0 Å². The third-order valence-corrected chi connectivity index (χ3v) is 0.382. The van der Waals surface area contributed by atoms with Crippen LogP contribution in [0.15, 0.2) is 0 Å². The van der Waals surface area contributed by atoms with E-state index in [1.807, 2.05) is 0 Å². The maximum absolute atomic E-state index is 10.7. The van der Waals surface area contributed by atoms with Gasteiger partial charge in [-0.25, -0.2) is 8.78 Å². The second-order valence-electron chi connectivity index (χ2n) is 0.639. The van der Waals surface area contributed by atoms with Gasteiger partial charge in [0.1, 0.15) is 0 Å². The molecule has 0 aromatic heterocycles. The Morgan fingerprint density at radius 2 is 1.83 bits per heavy atom. The van der Waals surface area contributed by atoms with Crippen LogP contribution < -0.4 is 0 Å². The lowest BCUT2D eigenvalue weighted by Crippen LogP contribution is -1.98. The van der Waals surface area contributed by atoms with Crippen LogP contribution in [0.1, 0.15) is 0 Å². The number of carbonyl (C=O) groups excluding carboxylic acids is 1. The first-order chi connectivity index (χ1) is 2.64. The fraction of sp³-hybridized carbons (Fsp3) is 0.500. The second kappa shape index (κ2) is 2.12. The van der Waals surface area contributed by atoms with E-state index in [4.69, 9.17) is 0 Å². The van der Waals surface area contributed by atoms with Crippen LogP contribution in [-0.2, 0) is 4.79 Å². The van der Waals surface area contributed by atoms with E-state index in [1.54, 1.807) is 0 Å². The van der Waals surface area contributed by atoms with E-state index in [2.05, 4.69) is 12.6 Å². The van der Waals surface area contributed by atoms with Crippen molar-refractivity contribution in [3.05, 3.63) is 0 Å². The van der Waals surface area contributed by atoms with Gasteiger partial charge in [0.15, 0.2) is 0 Å². The number of hydrogen-bond acceptors (Lipinski definition) is 1. The molecule has 0 aromatic rings. The van der Waals surface area contributed by atoms with Gasteiger partial charge in [-0.2, -0.15) is 0 Å². The highest BCUT2D eigenvalue weighted by Crippen LogP contribution is 1.94. The monoisotopic (exact) mass is 112 g/mol. The van der Waals surface area contributed by atoms with Crippen molar-refractivity contribution >= 4 is 17.7 Å². The summed E-state index contributed by atoms with van der Waals surface area (Å²) in [5.41, 5.74) is 0. The zero-order valence-corrected chi connectivity index (χ0v) is 3.58. The number of rotatable bonds is 1. The minimum Gasteiger partial charge on any atom is -0.281 e. The molecule has 0 heterocycles. The standard InChI is InChI=1S/C2H2F2OS/c3-1(4)2(5)6/h1H,(H,5,6).